The third-order valence-corrected chi connectivity index (χ3v) is 17.2. The lowest BCUT2D eigenvalue weighted by Crippen LogP contribution is -2.64. The molecule has 24 heteroatoms. The Morgan fingerprint density at radius 2 is 1.01 bits per heavy atom. The van der Waals surface area contributed by atoms with Gasteiger partial charge in [0.05, 0.1) is 18.8 Å². The summed E-state index contributed by atoms with van der Waals surface area (Å²) in [5.74, 6) is -9.83. The SMILES string of the molecule is C=CCO[C@H](C)C1C(=O)N[C@@H](C(C)C)C(=O)N(C)[C@@H](CC(C)C)C(=O)N[C@@H](C)C(=O)N[C@H](C)C(=O)N(C)[C@@H](CC(C)C)C(=O)N(C)[C@@H](CC(C)C)C(=O)N(C)[C@@H](C(C)C)C(=O)N(C)[C@@H]([C@H](O)[C@H](C)C/C=C/C)C(=O)N[C@@H](CC)C(=O)N2CCC[C@@H]2C(=O)N1C. The molecule has 0 aromatic rings. The molecule has 2 saturated heterocycles. The quantitative estimate of drug-likeness (QED) is 0.131. The summed E-state index contributed by atoms with van der Waals surface area (Å²) in [6.45, 7) is 31.5. The monoisotopic (exact) mass is 1260 g/mol. The Balaban J connectivity index is 3.05. The summed E-state index contributed by atoms with van der Waals surface area (Å²) in [4.78, 5) is 171. The first-order valence-corrected chi connectivity index (χ1v) is 32.0. The van der Waals surface area contributed by atoms with Crippen molar-refractivity contribution < 1.29 is 62.6 Å². The van der Waals surface area contributed by atoms with Crippen LogP contribution < -0.4 is 21.3 Å². The molecule has 0 aliphatic carbocycles. The molecular formula is C65H113N11O13. The van der Waals surface area contributed by atoms with E-state index in [9.17, 15) is 38.7 Å². The number of carbonyl (C=O) groups excluding carboxylic acids is 11. The first-order chi connectivity index (χ1) is 41.4. The zero-order chi connectivity index (χ0) is 68.4. The molecule has 0 aromatic heterocycles. The molecule has 0 spiro atoms. The summed E-state index contributed by atoms with van der Waals surface area (Å²) in [7, 11) is 8.52. The highest BCUT2D eigenvalue weighted by molar-refractivity contribution is 6.00. The van der Waals surface area contributed by atoms with Crippen molar-refractivity contribution in [1.82, 2.24) is 55.6 Å². The number of likely N-dealkylation sites (N-methyl/N-ethyl adjacent to an activating group) is 6. The van der Waals surface area contributed by atoms with Crippen molar-refractivity contribution in [2.75, 3.05) is 55.4 Å². The molecule has 0 saturated carbocycles. The van der Waals surface area contributed by atoms with Crippen LogP contribution in [0.15, 0.2) is 24.8 Å². The van der Waals surface area contributed by atoms with E-state index in [0.717, 1.165) is 4.90 Å². The molecular weight excluding hydrogens is 1140 g/mol. The number of amides is 11. The minimum absolute atomic E-state index is 0.0173. The lowest BCUT2D eigenvalue weighted by Gasteiger charge is -2.41. The van der Waals surface area contributed by atoms with Crippen molar-refractivity contribution in [2.24, 2.45) is 35.5 Å². The Labute approximate surface area is 531 Å². The first kappa shape index (κ1) is 78.7. The van der Waals surface area contributed by atoms with Crippen molar-refractivity contribution >= 4 is 65.0 Å². The van der Waals surface area contributed by atoms with Crippen LogP contribution in [0.4, 0.5) is 0 Å². The van der Waals surface area contributed by atoms with Gasteiger partial charge in [-0.25, -0.2) is 0 Å². The molecule has 0 radical (unpaired) electrons. The first-order valence-electron chi connectivity index (χ1n) is 32.0. The van der Waals surface area contributed by atoms with Gasteiger partial charge in [-0.2, -0.15) is 0 Å². The number of aliphatic hydroxyl groups is 1. The van der Waals surface area contributed by atoms with E-state index >= 15 is 19.2 Å². The van der Waals surface area contributed by atoms with Crippen molar-refractivity contribution in [3.63, 3.8) is 0 Å². The summed E-state index contributed by atoms with van der Waals surface area (Å²) in [6, 6.07) is -13.9. The molecule has 0 aromatic carbocycles. The maximum atomic E-state index is 15.3. The zero-order valence-electron chi connectivity index (χ0n) is 57.7. The summed E-state index contributed by atoms with van der Waals surface area (Å²) in [6.07, 6.45) is 3.87. The highest BCUT2D eigenvalue weighted by atomic mass is 16.5. The zero-order valence-corrected chi connectivity index (χ0v) is 57.7. The van der Waals surface area contributed by atoms with E-state index in [1.807, 2.05) is 47.6 Å². The van der Waals surface area contributed by atoms with Crippen LogP contribution in [0.3, 0.4) is 0 Å². The van der Waals surface area contributed by atoms with Gasteiger partial charge in [0.2, 0.25) is 65.0 Å². The lowest BCUT2D eigenvalue weighted by molar-refractivity contribution is -0.157. The van der Waals surface area contributed by atoms with Crippen molar-refractivity contribution in [3.05, 3.63) is 24.8 Å². The van der Waals surface area contributed by atoms with Gasteiger partial charge in [0.1, 0.15) is 66.5 Å². The largest absolute Gasteiger partial charge is 0.390 e. The van der Waals surface area contributed by atoms with Gasteiger partial charge in [-0.15, -0.1) is 6.58 Å². The molecule has 2 aliphatic rings. The van der Waals surface area contributed by atoms with E-state index in [1.54, 1.807) is 61.5 Å². The molecule has 1 unspecified atom stereocenters. The average molecular weight is 1260 g/mol. The van der Waals surface area contributed by atoms with Crippen LogP contribution in [-0.4, -0.2) is 238 Å². The Morgan fingerprint density at radius 3 is 1.51 bits per heavy atom. The number of hydrogen-bond donors (Lipinski definition) is 5. The Hall–Kier alpha value is -6.43. The molecule has 24 nitrogen and oxygen atoms in total. The second-order valence-electron chi connectivity index (χ2n) is 26.7. The maximum Gasteiger partial charge on any atom is 0.246 e. The van der Waals surface area contributed by atoms with Gasteiger partial charge in [0, 0.05) is 48.8 Å². The number of carbonyl (C=O) groups is 11. The number of rotatable bonds is 17. The van der Waals surface area contributed by atoms with Crippen LogP contribution in [0.25, 0.3) is 0 Å². The van der Waals surface area contributed by atoms with Gasteiger partial charge in [0.25, 0.3) is 0 Å². The summed E-state index contributed by atoms with van der Waals surface area (Å²) in [5.41, 5.74) is 0. The number of nitrogens with zero attached hydrogens (tertiary/aromatic N) is 7. The molecule has 506 valence electrons. The summed E-state index contributed by atoms with van der Waals surface area (Å²) in [5, 5.41) is 23.3. The van der Waals surface area contributed by atoms with Gasteiger partial charge in [-0.1, -0.05) is 101 Å². The minimum Gasteiger partial charge on any atom is -0.390 e. The van der Waals surface area contributed by atoms with Crippen molar-refractivity contribution in [1.29, 1.82) is 0 Å². The van der Waals surface area contributed by atoms with Gasteiger partial charge in [-0.05, 0) is 108 Å². The van der Waals surface area contributed by atoms with E-state index in [-0.39, 0.29) is 63.0 Å². The molecule has 14 atom stereocenters. The van der Waals surface area contributed by atoms with E-state index in [0.29, 0.717) is 12.8 Å². The molecule has 5 N–H and O–H groups in total. The molecule has 2 aliphatic heterocycles. The second kappa shape index (κ2) is 35.8. The normalized spacial score (nSPS) is 27.9. The van der Waals surface area contributed by atoms with Crippen LogP contribution in [0.2, 0.25) is 0 Å². The van der Waals surface area contributed by atoms with E-state index in [1.165, 1.54) is 91.6 Å². The van der Waals surface area contributed by atoms with E-state index in [2.05, 4.69) is 27.8 Å². The van der Waals surface area contributed by atoms with Crippen molar-refractivity contribution in [2.45, 2.75) is 234 Å². The number of nitrogens with one attached hydrogen (secondary N) is 4. The fourth-order valence-corrected chi connectivity index (χ4v) is 11.8. The number of ether oxygens (including phenoxy) is 1. The highest BCUT2D eigenvalue weighted by Gasteiger charge is 2.48. The highest BCUT2D eigenvalue weighted by Crippen LogP contribution is 2.27. The third kappa shape index (κ3) is 20.8. The van der Waals surface area contributed by atoms with Crippen LogP contribution >= 0.6 is 0 Å². The smallest absolute Gasteiger partial charge is 0.246 e. The summed E-state index contributed by atoms with van der Waals surface area (Å²) < 4.78 is 5.99. The van der Waals surface area contributed by atoms with Crippen LogP contribution in [0.1, 0.15) is 156 Å². The number of fused-ring (bicyclic) bond motifs is 1. The van der Waals surface area contributed by atoms with Crippen LogP contribution in [0.5, 0.6) is 0 Å². The molecule has 0 bridgehead atoms. The lowest BCUT2D eigenvalue weighted by atomic mass is 9.91. The Morgan fingerprint density at radius 1 is 0.539 bits per heavy atom. The van der Waals surface area contributed by atoms with Gasteiger partial charge in [0.15, 0.2) is 0 Å². The van der Waals surface area contributed by atoms with Gasteiger partial charge < -0.3 is 65.4 Å². The van der Waals surface area contributed by atoms with Crippen LogP contribution in [-0.2, 0) is 57.5 Å². The van der Waals surface area contributed by atoms with E-state index < -0.39 is 161 Å². The predicted octanol–water partition coefficient (Wildman–Crippen LogP) is 3.35. The Bertz CT molecular complexity index is 2490. The predicted molar refractivity (Wildman–Crippen MR) is 342 cm³/mol. The average Bonchev–Trinajstić information content (AvgIpc) is 4.18. The number of aliphatic hydroxyl groups excluding tert-OH is 1. The molecule has 2 heterocycles. The molecule has 89 heavy (non-hydrogen) atoms. The fraction of sp³-hybridized carbons (Fsp3) is 0.769. The second-order valence-corrected chi connectivity index (χ2v) is 26.7. The Kier molecular flexibility index (Phi) is 31.7. The number of hydrogen-bond acceptors (Lipinski definition) is 13. The standard InChI is InChI=1S/C65H113N11O13/c1-24-27-29-41(14)54(77)53-58(81)68-45(26-3)60(83)76-31-28-30-46(76)61(84)74(22)52(44(17)89-32-25-2)57(80)69-50(39(10)11)64(87)70(18)47(33-36(4)5)56(79)66-42(15)55(78)67-43(16)59(82)71(19)48(34-37(6)7)62(85)72(20)49(35-38(8)9)63(86)73(21)51(40(12)13)65(88)75(53)23/h24-25,27,36-54,77H,2,26,28-35H2,1,3-23H3,(H,66,79)(H,67,78)(H,68,81)(H,69,80)/b27-24+/t41-,42+,43-,44-,45+,46-,47+,48+,49+,50+,51+,52?,53+,54-/m1/s1. The summed E-state index contributed by atoms with van der Waals surface area (Å²) >= 11 is 0. The topological polar surface area (TPSA) is 288 Å². The van der Waals surface area contributed by atoms with Gasteiger partial charge in [-0.3, -0.25) is 52.7 Å². The maximum absolute atomic E-state index is 15.3. The van der Waals surface area contributed by atoms with Crippen molar-refractivity contribution in [3.8, 4) is 0 Å². The molecule has 11 amide bonds. The van der Waals surface area contributed by atoms with Crippen LogP contribution in [0, 0.1) is 35.5 Å². The van der Waals surface area contributed by atoms with E-state index in [4.69, 9.17) is 4.74 Å². The number of allylic oxidation sites excluding steroid dienone is 2. The fourth-order valence-electron chi connectivity index (χ4n) is 11.8. The third-order valence-electron chi connectivity index (χ3n) is 17.2. The minimum atomic E-state index is -1.62. The van der Waals surface area contributed by atoms with Gasteiger partial charge >= 0.3 is 0 Å². The molecule has 2 fully saturated rings. The molecule has 2 rings (SSSR count).